The van der Waals surface area contributed by atoms with Gasteiger partial charge in [0.25, 0.3) is 0 Å². The van der Waals surface area contributed by atoms with E-state index in [0.29, 0.717) is 18.7 Å². The molecule has 1 heterocycles. The average molecular weight is 301 g/mol. The van der Waals surface area contributed by atoms with E-state index in [1.54, 1.807) is 17.8 Å². The van der Waals surface area contributed by atoms with Crippen molar-refractivity contribution in [2.75, 3.05) is 11.9 Å². The molecule has 0 atom stereocenters. The van der Waals surface area contributed by atoms with Crippen molar-refractivity contribution in [1.29, 1.82) is 0 Å². The normalized spacial score (nSPS) is 10.3. The Kier molecular flexibility index (Phi) is 5.24. The lowest BCUT2D eigenvalue weighted by Crippen LogP contribution is -2.30. The van der Waals surface area contributed by atoms with Crippen molar-refractivity contribution in [2.45, 2.75) is 19.8 Å². The minimum absolute atomic E-state index is 0.202. The summed E-state index contributed by atoms with van der Waals surface area (Å²) in [4.78, 5) is 27.5. The maximum absolute atomic E-state index is 11.8. The first-order chi connectivity index (χ1) is 10.5. The van der Waals surface area contributed by atoms with E-state index in [9.17, 15) is 9.59 Å². The number of hydrogen-bond acceptors (Lipinski definition) is 4. The molecule has 0 spiro atoms. The molecule has 0 bridgehead atoms. The van der Waals surface area contributed by atoms with Crippen LogP contribution in [0.4, 0.5) is 5.69 Å². The van der Waals surface area contributed by atoms with Gasteiger partial charge in [0.05, 0.1) is 0 Å². The molecular weight excluding hydrogens is 282 g/mol. The zero-order valence-corrected chi connectivity index (χ0v) is 12.7. The SMILES string of the molecule is Cc1cccc(NC(=O)CC(=O)NCCc2ncnn2C)c1. The Hall–Kier alpha value is -2.70. The van der Waals surface area contributed by atoms with Crippen LogP contribution in [-0.2, 0) is 23.1 Å². The van der Waals surface area contributed by atoms with Gasteiger partial charge in [-0.2, -0.15) is 5.10 Å². The second-order valence-electron chi connectivity index (χ2n) is 4.99. The summed E-state index contributed by atoms with van der Waals surface area (Å²) < 4.78 is 1.65. The fourth-order valence-corrected chi connectivity index (χ4v) is 2.00. The summed E-state index contributed by atoms with van der Waals surface area (Å²) in [5, 5.41) is 9.34. The van der Waals surface area contributed by atoms with Crippen LogP contribution in [0.2, 0.25) is 0 Å². The molecule has 0 saturated heterocycles. The molecule has 7 nitrogen and oxygen atoms in total. The van der Waals surface area contributed by atoms with Gasteiger partial charge in [0.15, 0.2) is 0 Å². The van der Waals surface area contributed by atoms with Gasteiger partial charge in [-0.15, -0.1) is 0 Å². The highest BCUT2D eigenvalue weighted by atomic mass is 16.2. The number of carbonyl (C=O) groups excluding carboxylic acids is 2. The van der Waals surface area contributed by atoms with Gasteiger partial charge >= 0.3 is 0 Å². The van der Waals surface area contributed by atoms with E-state index < -0.39 is 0 Å². The number of carbonyl (C=O) groups is 2. The molecule has 7 heteroatoms. The monoisotopic (exact) mass is 301 g/mol. The lowest BCUT2D eigenvalue weighted by molar-refractivity contribution is -0.126. The summed E-state index contributed by atoms with van der Waals surface area (Å²) in [6.07, 6.45) is 1.83. The Labute approximate surface area is 128 Å². The largest absolute Gasteiger partial charge is 0.355 e. The van der Waals surface area contributed by atoms with Crippen LogP contribution in [0.3, 0.4) is 0 Å². The average Bonchev–Trinajstić information content (AvgIpc) is 2.84. The number of aromatic nitrogens is 3. The molecule has 0 unspecified atom stereocenters. The number of nitrogens with zero attached hydrogens (tertiary/aromatic N) is 3. The van der Waals surface area contributed by atoms with E-state index in [-0.39, 0.29) is 18.2 Å². The Morgan fingerprint density at radius 1 is 1.27 bits per heavy atom. The third-order valence-electron chi connectivity index (χ3n) is 3.10. The maximum Gasteiger partial charge on any atom is 0.233 e. The van der Waals surface area contributed by atoms with Gasteiger partial charge in [-0.3, -0.25) is 14.3 Å². The van der Waals surface area contributed by atoms with E-state index in [1.165, 1.54) is 6.33 Å². The zero-order valence-electron chi connectivity index (χ0n) is 12.7. The molecule has 0 aliphatic carbocycles. The third-order valence-corrected chi connectivity index (χ3v) is 3.10. The van der Waals surface area contributed by atoms with Crippen LogP contribution in [0, 0.1) is 6.92 Å². The van der Waals surface area contributed by atoms with Crippen molar-refractivity contribution >= 4 is 17.5 Å². The van der Waals surface area contributed by atoms with Crippen molar-refractivity contribution in [2.24, 2.45) is 7.05 Å². The van der Waals surface area contributed by atoms with Crippen LogP contribution in [0.5, 0.6) is 0 Å². The van der Waals surface area contributed by atoms with E-state index in [1.807, 2.05) is 25.1 Å². The highest BCUT2D eigenvalue weighted by molar-refractivity contribution is 6.03. The minimum Gasteiger partial charge on any atom is -0.355 e. The predicted octanol–water partition coefficient (Wildman–Crippen LogP) is 0.811. The number of rotatable bonds is 6. The Morgan fingerprint density at radius 3 is 2.77 bits per heavy atom. The molecule has 2 aromatic rings. The Bertz CT molecular complexity index is 665. The first-order valence-electron chi connectivity index (χ1n) is 7.00. The molecule has 2 rings (SSSR count). The predicted molar refractivity (Wildman–Crippen MR) is 82.1 cm³/mol. The van der Waals surface area contributed by atoms with Crippen LogP contribution in [0.25, 0.3) is 0 Å². The molecule has 0 aliphatic rings. The first kappa shape index (κ1) is 15.7. The van der Waals surface area contributed by atoms with Gasteiger partial charge < -0.3 is 10.6 Å². The number of anilines is 1. The molecule has 0 fully saturated rings. The minimum atomic E-state index is -0.332. The second-order valence-corrected chi connectivity index (χ2v) is 4.99. The quantitative estimate of drug-likeness (QED) is 0.773. The number of aryl methyl sites for hydroxylation is 2. The van der Waals surface area contributed by atoms with Gasteiger partial charge in [-0.05, 0) is 24.6 Å². The highest BCUT2D eigenvalue weighted by Crippen LogP contribution is 2.09. The lowest BCUT2D eigenvalue weighted by Gasteiger charge is -2.07. The fourth-order valence-electron chi connectivity index (χ4n) is 2.00. The summed E-state index contributed by atoms with van der Waals surface area (Å²) in [7, 11) is 1.79. The van der Waals surface area contributed by atoms with E-state index >= 15 is 0 Å². The standard InChI is InChI=1S/C15H19N5O2/c1-11-4-3-5-12(8-11)19-15(22)9-14(21)16-7-6-13-17-10-18-20(13)2/h3-5,8,10H,6-7,9H2,1-2H3,(H,16,21)(H,19,22). The first-order valence-corrected chi connectivity index (χ1v) is 7.00. The molecule has 2 N–H and O–H groups in total. The fraction of sp³-hybridized carbons (Fsp3) is 0.333. The molecular formula is C15H19N5O2. The molecule has 0 radical (unpaired) electrons. The van der Waals surface area contributed by atoms with Crippen LogP contribution < -0.4 is 10.6 Å². The summed E-state index contributed by atoms with van der Waals surface area (Å²) in [5.74, 6) is 0.138. The van der Waals surface area contributed by atoms with Crippen molar-refractivity contribution in [3.8, 4) is 0 Å². The highest BCUT2D eigenvalue weighted by Gasteiger charge is 2.10. The van der Waals surface area contributed by atoms with Gasteiger partial charge in [0.2, 0.25) is 11.8 Å². The van der Waals surface area contributed by atoms with Crippen LogP contribution >= 0.6 is 0 Å². The van der Waals surface area contributed by atoms with Crippen molar-refractivity contribution < 1.29 is 9.59 Å². The Morgan fingerprint density at radius 2 is 2.09 bits per heavy atom. The molecule has 0 aliphatic heterocycles. The topological polar surface area (TPSA) is 88.9 Å². The number of benzene rings is 1. The number of hydrogen-bond donors (Lipinski definition) is 2. The molecule has 2 amide bonds. The molecule has 22 heavy (non-hydrogen) atoms. The van der Waals surface area contributed by atoms with Gasteiger partial charge in [-0.1, -0.05) is 12.1 Å². The lowest BCUT2D eigenvalue weighted by atomic mass is 10.2. The summed E-state index contributed by atoms with van der Waals surface area (Å²) in [5.41, 5.74) is 1.74. The van der Waals surface area contributed by atoms with Gasteiger partial charge in [-0.25, -0.2) is 4.98 Å². The van der Waals surface area contributed by atoms with E-state index in [0.717, 1.165) is 11.4 Å². The zero-order chi connectivity index (χ0) is 15.9. The number of amides is 2. The summed E-state index contributed by atoms with van der Waals surface area (Å²) in [6.45, 7) is 2.36. The smallest absolute Gasteiger partial charge is 0.233 e. The molecule has 116 valence electrons. The van der Waals surface area contributed by atoms with Crippen LogP contribution in [0.15, 0.2) is 30.6 Å². The van der Waals surface area contributed by atoms with Crippen molar-refractivity contribution in [3.63, 3.8) is 0 Å². The molecule has 1 aromatic heterocycles. The van der Waals surface area contributed by atoms with Crippen LogP contribution in [0.1, 0.15) is 17.8 Å². The third kappa shape index (κ3) is 4.69. The molecule has 1 aromatic carbocycles. The van der Waals surface area contributed by atoms with Gasteiger partial charge in [0.1, 0.15) is 18.6 Å². The second kappa shape index (κ2) is 7.35. The van der Waals surface area contributed by atoms with E-state index in [4.69, 9.17) is 0 Å². The Balaban J connectivity index is 1.72. The maximum atomic E-state index is 11.8. The van der Waals surface area contributed by atoms with Crippen LogP contribution in [-0.4, -0.2) is 33.1 Å². The van der Waals surface area contributed by atoms with Gasteiger partial charge in [0, 0.05) is 25.7 Å². The number of nitrogens with one attached hydrogen (secondary N) is 2. The van der Waals surface area contributed by atoms with Crippen molar-refractivity contribution in [1.82, 2.24) is 20.1 Å². The summed E-state index contributed by atoms with van der Waals surface area (Å²) >= 11 is 0. The summed E-state index contributed by atoms with van der Waals surface area (Å²) in [6, 6.07) is 7.43. The van der Waals surface area contributed by atoms with Crippen molar-refractivity contribution in [3.05, 3.63) is 42.0 Å². The van der Waals surface area contributed by atoms with E-state index in [2.05, 4.69) is 20.7 Å². The molecule has 0 saturated carbocycles.